The van der Waals surface area contributed by atoms with Gasteiger partial charge in [0.15, 0.2) is 11.0 Å². The molecule has 0 unspecified atom stereocenters. The first-order valence-electron chi connectivity index (χ1n) is 8.53. The van der Waals surface area contributed by atoms with E-state index in [1.165, 1.54) is 18.0 Å². The lowest BCUT2D eigenvalue weighted by Gasteiger charge is -2.20. The number of nitrogens with zero attached hydrogens (tertiary/aromatic N) is 4. The third-order valence-electron chi connectivity index (χ3n) is 4.46. The Hall–Kier alpha value is -2.68. The summed E-state index contributed by atoms with van der Waals surface area (Å²) < 4.78 is 10.9. The normalized spacial score (nSPS) is 13.2. The molecule has 2 N–H and O–H groups in total. The van der Waals surface area contributed by atoms with Crippen LogP contribution in [0.5, 0.6) is 0 Å². The van der Waals surface area contributed by atoms with E-state index in [9.17, 15) is 0 Å². The van der Waals surface area contributed by atoms with Crippen LogP contribution in [0.4, 0.5) is 5.95 Å². The summed E-state index contributed by atoms with van der Waals surface area (Å²) in [5.74, 6) is 1.66. The molecule has 0 aliphatic carbocycles. The molecule has 0 spiro atoms. The van der Waals surface area contributed by atoms with Gasteiger partial charge in [-0.1, -0.05) is 41.6 Å². The molecule has 0 fully saturated rings. The predicted octanol–water partition coefficient (Wildman–Crippen LogP) is 4.24. The molecule has 7 nitrogen and oxygen atoms in total. The summed E-state index contributed by atoms with van der Waals surface area (Å²) in [4.78, 5) is 17.3. The van der Waals surface area contributed by atoms with Crippen LogP contribution in [-0.4, -0.2) is 19.9 Å². The van der Waals surface area contributed by atoms with Crippen molar-refractivity contribution in [2.45, 2.75) is 24.1 Å². The minimum Gasteiger partial charge on any atom is -0.448 e. The highest BCUT2D eigenvalue weighted by Gasteiger charge is 2.21. The molecule has 1 aliphatic heterocycles. The quantitative estimate of drug-likeness (QED) is 0.498. The standard InChI is InChI=1S/C19H14ClN5O2S/c20-13-6-11-8-26-7-10-2-1-3-12(15(10)11)16(13)17-23-18(21)25-19(24-17)28-9-14-22-4-5-27-14/h1-6H,7-9H2,(H2,21,23,24,25). The average molecular weight is 412 g/mol. The molecule has 3 heterocycles. The van der Waals surface area contributed by atoms with Gasteiger partial charge in [-0.3, -0.25) is 0 Å². The minimum absolute atomic E-state index is 0.139. The van der Waals surface area contributed by atoms with E-state index in [0.29, 0.717) is 40.9 Å². The Bertz CT molecular complexity index is 1180. The molecular formula is C19H14ClN5O2S. The number of nitrogen functional groups attached to an aromatic ring is 1. The second kappa shape index (κ2) is 7.05. The fraction of sp³-hybridized carbons (Fsp3) is 0.158. The van der Waals surface area contributed by atoms with Crippen molar-refractivity contribution >= 4 is 40.1 Å². The summed E-state index contributed by atoms with van der Waals surface area (Å²) in [5, 5.41) is 3.17. The largest absolute Gasteiger partial charge is 0.448 e. The topological polar surface area (TPSA) is 100.0 Å². The maximum Gasteiger partial charge on any atom is 0.224 e. The molecule has 4 aromatic rings. The van der Waals surface area contributed by atoms with E-state index >= 15 is 0 Å². The molecule has 2 aromatic heterocycles. The van der Waals surface area contributed by atoms with Crippen LogP contribution in [0.15, 0.2) is 46.3 Å². The van der Waals surface area contributed by atoms with Gasteiger partial charge in [-0.15, -0.1) is 0 Å². The van der Waals surface area contributed by atoms with Gasteiger partial charge in [-0.05, 0) is 28.0 Å². The molecule has 0 saturated carbocycles. The van der Waals surface area contributed by atoms with Crippen LogP contribution < -0.4 is 5.73 Å². The zero-order valence-corrected chi connectivity index (χ0v) is 16.1. The number of hydrogen-bond donors (Lipinski definition) is 1. The fourth-order valence-electron chi connectivity index (χ4n) is 3.34. The molecule has 0 bridgehead atoms. The number of rotatable bonds is 4. The molecule has 28 heavy (non-hydrogen) atoms. The second-order valence-corrected chi connectivity index (χ2v) is 7.59. The summed E-state index contributed by atoms with van der Waals surface area (Å²) in [7, 11) is 0. The highest BCUT2D eigenvalue weighted by atomic mass is 35.5. The molecule has 140 valence electrons. The van der Waals surface area contributed by atoms with E-state index < -0.39 is 0 Å². The maximum atomic E-state index is 6.63. The van der Waals surface area contributed by atoms with Crippen molar-refractivity contribution in [3.05, 3.63) is 58.8 Å². The van der Waals surface area contributed by atoms with Gasteiger partial charge < -0.3 is 14.9 Å². The van der Waals surface area contributed by atoms with Gasteiger partial charge in [0, 0.05) is 5.56 Å². The number of halogens is 1. The zero-order chi connectivity index (χ0) is 19.1. The van der Waals surface area contributed by atoms with Gasteiger partial charge in [0.05, 0.1) is 30.2 Å². The third kappa shape index (κ3) is 3.09. The van der Waals surface area contributed by atoms with Gasteiger partial charge in [-0.25, -0.2) is 9.97 Å². The van der Waals surface area contributed by atoms with E-state index in [4.69, 9.17) is 26.5 Å². The lowest BCUT2D eigenvalue weighted by molar-refractivity contribution is 0.103. The summed E-state index contributed by atoms with van der Waals surface area (Å²) >= 11 is 8.01. The van der Waals surface area contributed by atoms with Crippen molar-refractivity contribution in [2.75, 3.05) is 5.73 Å². The van der Waals surface area contributed by atoms with Crippen LogP contribution in [0, 0.1) is 0 Å². The Morgan fingerprint density at radius 2 is 2.04 bits per heavy atom. The highest BCUT2D eigenvalue weighted by molar-refractivity contribution is 7.98. The lowest BCUT2D eigenvalue weighted by Crippen LogP contribution is -2.06. The van der Waals surface area contributed by atoms with Crippen LogP contribution >= 0.6 is 23.4 Å². The smallest absolute Gasteiger partial charge is 0.224 e. The van der Waals surface area contributed by atoms with E-state index in [2.05, 4.69) is 26.0 Å². The molecule has 0 radical (unpaired) electrons. The Labute approximate surface area is 169 Å². The monoisotopic (exact) mass is 411 g/mol. The number of aromatic nitrogens is 4. The molecule has 0 saturated heterocycles. The zero-order valence-electron chi connectivity index (χ0n) is 14.6. The van der Waals surface area contributed by atoms with Crippen LogP contribution in [0.3, 0.4) is 0 Å². The van der Waals surface area contributed by atoms with Crippen LogP contribution in [0.1, 0.15) is 17.0 Å². The van der Waals surface area contributed by atoms with Gasteiger partial charge in [-0.2, -0.15) is 9.97 Å². The van der Waals surface area contributed by atoms with E-state index in [-0.39, 0.29) is 5.95 Å². The number of nitrogens with two attached hydrogens (primary N) is 1. The SMILES string of the molecule is Nc1nc(SCc2ncco2)nc(-c2c(Cl)cc3c4c(cccc24)COC3)n1. The summed E-state index contributed by atoms with van der Waals surface area (Å²) in [6.45, 7) is 1.10. The molecule has 5 rings (SSSR count). The Morgan fingerprint density at radius 3 is 2.89 bits per heavy atom. The summed E-state index contributed by atoms with van der Waals surface area (Å²) in [5.41, 5.74) is 8.89. The number of ether oxygens (including phenoxy) is 1. The number of thioether (sulfide) groups is 1. The molecule has 1 aliphatic rings. The van der Waals surface area contributed by atoms with E-state index in [1.807, 2.05) is 18.2 Å². The van der Waals surface area contributed by atoms with Crippen LogP contribution in [0.25, 0.3) is 22.2 Å². The van der Waals surface area contributed by atoms with Crippen molar-refractivity contribution in [1.29, 1.82) is 0 Å². The first-order chi connectivity index (χ1) is 13.7. The first-order valence-corrected chi connectivity index (χ1v) is 9.89. The van der Waals surface area contributed by atoms with Gasteiger partial charge in [0.1, 0.15) is 6.26 Å². The second-order valence-electron chi connectivity index (χ2n) is 6.24. The number of benzene rings is 2. The minimum atomic E-state index is 0.139. The van der Waals surface area contributed by atoms with Crippen LogP contribution in [0.2, 0.25) is 5.02 Å². The average Bonchev–Trinajstić information content (AvgIpc) is 3.20. The van der Waals surface area contributed by atoms with Gasteiger partial charge >= 0.3 is 0 Å². The Kier molecular flexibility index (Phi) is 4.38. The molecule has 2 aromatic carbocycles. The Morgan fingerprint density at radius 1 is 1.14 bits per heavy atom. The van der Waals surface area contributed by atoms with Crippen molar-refractivity contribution in [1.82, 2.24) is 19.9 Å². The Balaban J connectivity index is 1.62. The first kappa shape index (κ1) is 17.4. The fourth-order valence-corrected chi connectivity index (χ4v) is 4.37. The van der Waals surface area contributed by atoms with Crippen molar-refractivity contribution in [2.24, 2.45) is 0 Å². The van der Waals surface area contributed by atoms with Crippen LogP contribution in [-0.2, 0) is 23.7 Å². The number of anilines is 1. The van der Waals surface area contributed by atoms with E-state index in [1.54, 1.807) is 6.20 Å². The van der Waals surface area contributed by atoms with Crippen molar-refractivity contribution in [3.63, 3.8) is 0 Å². The molecular weight excluding hydrogens is 398 g/mol. The summed E-state index contributed by atoms with van der Waals surface area (Å²) in [6, 6.07) is 7.98. The lowest BCUT2D eigenvalue weighted by atomic mass is 9.94. The molecule has 9 heteroatoms. The van der Waals surface area contributed by atoms with Gasteiger partial charge in [0.2, 0.25) is 11.8 Å². The van der Waals surface area contributed by atoms with Gasteiger partial charge in [0.25, 0.3) is 0 Å². The maximum absolute atomic E-state index is 6.63. The third-order valence-corrected chi connectivity index (χ3v) is 5.59. The van der Waals surface area contributed by atoms with E-state index in [0.717, 1.165) is 27.5 Å². The predicted molar refractivity (Wildman–Crippen MR) is 107 cm³/mol. The van der Waals surface area contributed by atoms with Crippen molar-refractivity contribution in [3.8, 4) is 11.4 Å². The molecule has 0 amide bonds. The summed E-state index contributed by atoms with van der Waals surface area (Å²) in [6.07, 6.45) is 3.13. The number of hydrogen-bond acceptors (Lipinski definition) is 8. The number of oxazole rings is 1. The highest BCUT2D eigenvalue weighted by Crippen LogP contribution is 2.39. The van der Waals surface area contributed by atoms with Crippen molar-refractivity contribution < 1.29 is 9.15 Å². The molecule has 0 atom stereocenters.